The fraction of sp³-hybridized carbons (Fsp3) is 0.250. The molecule has 1 atom stereocenters. The van der Waals surface area contributed by atoms with Crippen LogP contribution >= 0.6 is 11.8 Å². The summed E-state index contributed by atoms with van der Waals surface area (Å²) in [6.45, 7) is 0.703. The molecule has 0 heterocycles. The lowest BCUT2D eigenvalue weighted by atomic mass is 10.1. The molecule has 1 unspecified atom stereocenters. The van der Waals surface area contributed by atoms with Crippen LogP contribution in [0.2, 0.25) is 0 Å². The van der Waals surface area contributed by atoms with Gasteiger partial charge in [-0.1, -0.05) is 18.2 Å². The van der Waals surface area contributed by atoms with Gasteiger partial charge < -0.3 is 5.11 Å². The predicted molar refractivity (Wildman–Crippen MR) is 85.7 cm³/mol. The summed E-state index contributed by atoms with van der Waals surface area (Å²) in [4.78, 5) is 0.637. The van der Waals surface area contributed by atoms with Crippen LogP contribution in [0.1, 0.15) is 6.92 Å². The Morgan fingerprint density at radius 2 is 1.46 bits per heavy atom. The van der Waals surface area contributed by atoms with Crippen molar-refractivity contribution < 1.29 is 26.7 Å². The highest BCUT2D eigenvalue weighted by Gasteiger charge is 2.49. The van der Waals surface area contributed by atoms with Crippen LogP contribution in [0.25, 0.3) is 0 Å². The van der Waals surface area contributed by atoms with E-state index in [0.29, 0.717) is 11.8 Å². The van der Waals surface area contributed by atoms with E-state index >= 15 is 0 Å². The van der Waals surface area contributed by atoms with Gasteiger partial charge in [0.25, 0.3) is 0 Å². The Morgan fingerprint density at radius 1 is 0.958 bits per heavy atom. The molecule has 1 N–H and O–H groups in total. The molecule has 0 saturated carbocycles. The summed E-state index contributed by atoms with van der Waals surface area (Å²) >= 11 is 0.805. The molecule has 0 aromatic heterocycles. The van der Waals surface area contributed by atoms with E-state index in [-0.39, 0.29) is 9.79 Å². The van der Waals surface area contributed by atoms with Crippen molar-refractivity contribution >= 4 is 21.6 Å². The number of hydrogen-bond acceptors (Lipinski definition) is 4. The molecule has 3 nitrogen and oxygen atoms in total. The summed E-state index contributed by atoms with van der Waals surface area (Å²) in [5.41, 5.74) is -2.81. The first kappa shape index (κ1) is 18.8. The van der Waals surface area contributed by atoms with Gasteiger partial charge in [-0.25, -0.2) is 8.42 Å². The maximum Gasteiger partial charge on any atom is 0.417 e. The molecule has 8 heteroatoms. The number of sulfone groups is 1. The van der Waals surface area contributed by atoms with Crippen LogP contribution in [0.4, 0.5) is 13.2 Å². The summed E-state index contributed by atoms with van der Waals surface area (Å²) in [6, 6.07) is 13.4. The first-order valence-corrected chi connectivity index (χ1v) is 9.33. The lowest BCUT2D eigenvalue weighted by Gasteiger charge is -2.25. The standard InChI is InChI=1S/C16H15F3O3S2/c1-15(20,16(17,18)19)11-23-12-7-9-14(10-8-12)24(21,22)13-5-3-2-4-6-13/h2-10,20H,11H2,1H3. The second-order valence-corrected chi connectivity index (χ2v) is 8.35. The molecule has 24 heavy (non-hydrogen) atoms. The maximum atomic E-state index is 12.6. The first-order valence-electron chi connectivity index (χ1n) is 6.86. The van der Waals surface area contributed by atoms with Gasteiger partial charge in [0.05, 0.1) is 9.79 Å². The summed E-state index contributed by atoms with van der Waals surface area (Å²) < 4.78 is 62.6. The quantitative estimate of drug-likeness (QED) is 0.804. The van der Waals surface area contributed by atoms with E-state index in [9.17, 15) is 26.7 Å². The average Bonchev–Trinajstić information content (AvgIpc) is 2.53. The third kappa shape index (κ3) is 4.12. The van der Waals surface area contributed by atoms with E-state index in [2.05, 4.69) is 0 Å². The summed E-state index contributed by atoms with van der Waals surface area (Å²) in [7, 11) is -3.66. The first-order chi connectivity index (χ1) is 11.0. The highest BCUT2D eigenvalue weighted by Crippen LogP contribution is 2.35. The molecule has 2 aromatic rings. The molecule has 0 amide bonds. The minimum Gasteiger partial charge on any atom is -0.380 e. The van der Waals surface area contributed by atoms with Gasteiger partial charge in [-0.2, -0.15) is 13.2 Å². The lowest BCUT2D eigenvalue weighted by molar-refractivity contribution is -0.242. The van der Waals surface area contributed by atoms with Crippen molar-refractivity contribution in [2.24, 2.45) is 0 Å². The van der Waals surface area contributed by atoms with Gasteiger partial charge in [-0.15, -0.1) is 11.8 Å². The Morgan fingerprint density at radius 3 is 1.96 bits per heavy atom. The second kappa shape index (κ2) is 6.78. The number of thioether (sulfide) groups is 1. The molecule has 0 spiro atoms. The summed E-state index contributed by atoms with van der Waals surface area (Å²) in [5, 5.41) is 9.40. The zero-order chi connectivity index (χ0) is 18.0. The van der Waals surface area contributed by atoms with Crippen molar-refractivity contribution in [3.05, 3.63) is 54.6 Å². The van der Waals surface area contributed by atoms with Crippen LogP contribution in [-0.2, 0) is 9.84 Å². The zero-order valence-electron chi connectivity index (χ0n) is 12.6. The molecule has 0 radical (unpaired) electrons. The number of hydrogen-bond donors (Lipinski definition) is 1. The highest BCUT2D eigenvalue weighted by atomic mass is 32.2. The Bertz CT molecular complexity index is 784. The molecule has 0 aliphatic heterocycles. The summed E-state index contributed by atoms with van der Waals surface area (Å²) in [6.07, 6.45) is -4.73. The van der Waals surface area contributed by atoms with Crippen molar-refractivity contribution in [1.82, 2.24) is 0 Å². The monoisotopic (exact) mass is 376 g/mol. The van der Waals surface area contributed by atoms with Gasteiger partial charge in [0, 0.05) is 10.6 Å². The van der Waals surface area contributed by atoms with E-state index < -0.39 is 27.4 Å². The number of aliphatic hydroxyl groups is 1. The molecule has 2 rings (SSSR count). The predicted octanol–water partition coefficient (Wildman–Crippen LogP) is 3.92. The van der Waals surface area contributed by atoms with E-state index in [1.807, 2.05) is 0 Å². The van der Waals surface area contributed by atoms with Crippen LogP contribution in [0.3, 0.4) is 0 Å². The Balaban J connectivity index is 2.15. The van der Waals surface area contributed by atoms with Crippen LogP contribution in [-0.4, -0.2) is 31.1 Å². The smallest absolute Gasteiger partial charge is 0.380 e. The number of benzene rings is 2. The van der Waals surface area contributed by atoms with Crippen molar-refractivity contribution in [2.75, 3.05) is 5.75 Å². The number of rotatable bonds is 5. The molecule has 0 aliphatic rings. The average molecular weight is 376 g/mol. The van der Waals surface area contributed by atoms with Crippen molar-refractivity contribution in [1.29, 1.82) is 0 Å². The highest BCUT2D eigenvalue weighted by molar-refractivity contribution is 7.99. The molecule has 130 valence electrons. The van der Waals surface area contributed by atoms with Crippen LogP contribution in [0.15, 0.2) is 69.3 Å². The molecule has 0 saturated heterocycles. The van der Waals surface area contributed by atoms with Gasteiger partial charge in [-0.3, -0.25) is 0 Å². The fourth-order valence-electron chi connectivity index (χ4n) is 1.76. The van der Waals surface area contributed by atoms with E-state index in [4.69, 9.17) is 0 Å². The van der Waals surface area contributed by atoms with E-state index in [0.717, 1.165) is 11.8 Å². The maximum absolute atomic E-state index is 12.6. The van der Waals surface area contributed by atoms with Gasteiger partial charge in [0.1, 0.15) is 0 Å². The molecular formula is C16H15F3O3S2. The van der Waals surface area contributed by atoms with Gasteiger partial charge in [0.2, 0.25) is 9.84 Å². The molecular weight excluding hydrogens is 361 g/mol. The Labute approximate surface area is 142 Å². The van der Waals surface area contributed by atoms with Gasteiger partial charge >= 0.3 is 6.18 Å². The van der Waals surface area contributed by atoms with Crippen molar-refractivity contribution in [2.45, 2.75) is 33.4 Å². The minimum absolute atomic E-state index is 0.0561. The number of alkyl halides is 3. The second-order valence-electron chi connectivity index (χ2n) is 5.35. The molecule has 2 aromatic carbocycles. The topological polar surface area (TPSA) is 54.4 Å². The fourth-order valence-corrected chi connectivity index (χ4v) is 3.98. The summed E-state index contributed by atoms with van der Waals surface area (Å²) in [5.74, 6) is -0.582. The van der Waals surface area contributed by atoms with E-state index in [1.165, 1.54) is 36.4 Å². The van der Waals surface area contributed by atoms with Gasteiger partial charge in [-0.05, 0) is 43.3 Å². The molecule has 0 bridgehead atoms. The number of halogens is 3. The lowest BCUT2D eigenvalue weighted by Crippen LogP contribution is -2.44. The van der Waals surface area contributed by atoms with Gasteiger partial charge in [0.15, 0.2) is 5.60 Å². The Kier molecular flexibility index (Phi) is 5.31. The normalized spacial score (nSPS) is 15.0. The van der Waals surface area contributed by atoms with Crippen molar-refractivity contribution in [3.63, 3.8) is 0 Å². The Hall–Kier alpha value is -1.51. The zero-order valence-corrected chi connectivity index (χ0v) is 14.3. The van der Waals surface area contributed by atoms with E-state index in [1.54, 1.807) is 18.2 Å². The molecule has 0 fully saturated rings. The minimum atomic E-state index is -4.73. The van der Waals surface area contributed by atoms with Crippen LogP contribution in [0.5, 0.6) is 0 Å². The largest absolute Gasteiger partial charge is 0.417 e. The third-order valence-electron chi connectivity index (χ3n) is 3.32. The van der Waals surface area contributed by atoms with Crippen LogP contribution in [0, 0.1) is 0 Å². The molecule has 0 aliphatic carbocycles. The van der Waals surface area contributed by atoms with Crippen molar-refractivity contribution in [3.8, 4) is 0 Å². The SMILES string of the molecule is CC(O)(CSc1ccc(S(=O)(=O)c2ccccc2)cc1)C(F)(F)F. The van der Waals surface area contributed by atoms with Crippen LogP contribution < -0.4 is 0 Å². The third-order valence-corrected chi connectivity index (χ3v) is 6.42.